The molecule has 1 atom stereocenters. The van der Waals surface area contributed by atoms with Crippen LogP contribution in [0.3, 0.4) is 0 Å². The van der Waals surface area contributed by atoms with Crippen LogP contribution in [0.15, 0.2) is 18.2 Å². The van der Waals surface area contributed by atoms with E-state index < -0.39 is 6.10 Å². The van der Waals surface area contributed by atoms with E-state index in [1.165, 1.54) is 25.7 Å². The lowest BCUT2D eigenvalue weighted by Crippen LogP contribution is -2.38. The van der Waals surface area contributed by atoms with Gasteiger partial charge in [0.25, 0.3) is 0 Å². The van der Waals surface area contributed by atoms with Gasteiger partial charge < -0.3 is 10.4 Å². The van der Waals surface area contributed by atoms with Crippen LogP contribution in [0.2, 0.25) is 0 Å². The van der Waals surface area contributed by atoms with Gasteiger partial charge in [-0.15, -0.1) is 0 Å². The number of pyridine rings is 1. The molecule has 0 saturated heterocycles. The van der Waals surface area contributed by atoms with Crippen LogP contribution in [0.1, 0.15) is 69.9 Å². The summed E-state index contributed by atoms with van der Waals surface area (Å²) in [4.78, 5) is 4.67. The molecule has 0 bridgehead atoms. The molecule has 20 heavy (non-hydrogen) atoms. The number of β-amino-alcohol motifs (C(OH)–C–C–N with tert-alkyl or cyclic N) is 1. The second-order valence-electron chi connectivity index (χ2n) is 6.62. The van der Waals surface area contributed by atoms with Gasteiger partial charge in [0.05, 0.1) is 5.69 Å². The molecule has 0 aliphatic heterocycles. The van der Waals surface area contributed by atoms with Crippen LogP contribution in [0.25, 0.3) is 0 Å². The second kappa shape index (κ2) is 7.43. The van der Waals surface area contributed by atoms with Crippen molar-refractivity contribution >= 4 is 13.5 Å². The summed E-state index contributed by atoms with van der Waals surface area (Å²) in [5.41, 5.74) is 1.97. The predicted octanol–water partition coefficient (Wildman–Crippen LogP) is 3.27. The van der Waals surface area contributed by atoms with E-state index in [4.69, 9.17) is 0 Å². The number of hydrogen-bond acceptors (Lipinski definition) is 3. The third-order valence-electron chi connectivity index (χ3n) is 3.73. The minimum Gasteiger partial charge on any atom is -0.385 e. The Kier molecular flexibility index (Phi) is 6.49. The molecule has 0 amide bonds. The van der Waals surface area contributed by atoms with Crippen LogP contribution < -0.4 is 5.32 Å². The molecule has 2 N–H and O–H groups in total. The first-order chi connectivity index (χ1) is 8.96. The molecule has 0 spiro atoms. The summed E-state index contributed by atoms with van der Waals surface area (Å²) in [7, 11) is 0. The van der Waals surface area contributed by atoms with E-state index in [0.717, 1.165) is 11.4 Å². The number of nitrogens with zero attached hydrogens (tertiary/aromatic N) is 1. The highest BCUT2D eigenvalue weighted by Crippen LogP contribution is 2.33. The number of aliphatic hydroxyl groups is 1. The molecule has 3 nitrogen and oxygen atoms in total. The van der Waals surface area contributed by atoms with E-state index in [0.29, 0.717) is 12.5 Å². The van der Waals surface area contributed by atoms with Crippen molar-refractivity contribution in [3.8, 4) is 0 Å². The Hall–Kier alpha value is -0.580. The number of hydrogen-bond donors (Lipinski definition) is 2. The van der Waals surface area contributed by atoms with Crippen molar-refractivity contribution in [1.82, 2.24) is 10.3 Å². The third-order valence-corrected chi connectivity index (χ3v) is 3.73. The summed E-state index contributed by atoms with van der Waals surface area (Å²) in [5, 5.41) is 13.5. The molecule has 0 radical (unpaired) electrons. The smallest absolute Gasteiger partial charge is 0.108 e. The Bertz CT molecular complexity index is 411. The fraction of sp³-hybridized carbons (Fsp3) is 0.688. The maximum Gasteiger partial charge on any atom is 0.108 e. The Morgan fingerprint density at radius 1 is 1.30 bits per heavy atom. The lowest BCUT2D eigenvalue weighted by atomic mass is 10.0. The van der Waals surface area contributed by atoms with Gasteiger partial charge in [0.15, 0.2) is 0 Å². The average Bonchev–Trinajstić information content (AvgIpc) is 2.89. The fourth-order valence-electron chi connectivity index (χ4n) is 2.61. The van der Waals surface area contributed by atoms with E-state index in [9.17, 15) is 5.11 Å². The second-order valence-corrected chi connectivity index (χ2v) is 6.62. The van der Waals surface area contributed by atoms with Gasteiger partial charge in [0.1, 0.15) is 6.10 Å². The van der Waals surface area contributed by atoms with Gasteiger partial charge in [0, 0.05) is 23.7 Å². The van der Waals surface area contributed by atoms with Crippen molar-refractivity contribution in [2.75, 3.05) is 6.54 Å². The normalized spacial score (nSPS) is 17.8. The third kappa shape index (κ3) is 5.08. The number of nitrogens with one attached hydrogen (secondary N) is 1. The highest BCUT2D eigenvalue weighted by Gasteiger charge is 2.20. The van der Waals surface area contributed by atoms with Gasteiger partial charge in [-0.2, -0.15) is 13.5 Å². The highest BCUT2D eigenvalue weighted by molar-refractivity contribution is 7.59. The molecular weight excluding hydrogens is 268 g/mol. The van der Waals surface area contributed by atoms with Crippen LogP contribution in [0.4, 0.5) is 0 Å². The summed E-state index contributed by atoms with van der Waals surface area (Å²) in [5.74, 6) is 0.600. The van der Waals surface area contributed by atoms with Gasteiger partial charge in [-0.3, -0.25) is 4.98 Å². The Balaban J connectivity index is 0.00000200. The number of aromatic nitrogens is 1. The van der Waals surface area contributed by atoms with E-state index in [1.807, 2.05) is 12.1 Å². The summed E-state index contributed by atoms with van der Waals surface area (Å²) >= 11 is 0. The van der Waals surface area contributed by atoms with Crippen molar-refractivity contribution < 1.29 is 5.11 Å². The van der Waals surface area contributed by atoms with Crippen LogP contribution in [-0.2, 0) is 0 Å². The quantitative estimate of drug-likeness (QED) is 0.896. The van der Waals surface area contributed by atoms with E-state index >= 15 is 0 Å². The molecule has 0 unspecified atom stereocenters. The minimum absolute atomic E-state index is 0. The zero-order chi connectivity index (χ0) is 13.9. The summed E-state index contributed by atoms with van der Waals surface area (Å²) in [6.45, 7) is 6.84. The number of aliphatic hydroxyl groups excluding tert-OH is 1. The molecule has 0 aromatic carbocycles. The van der Waals surface area contributed by atoms with Gasteiger partial charge in [0.2, 0.25) is 0 Å². The first kappa shape index (κ1) is 17.5. The Morgan fingerprint density at radius 2 is 1.95 bits per heavy atom. The highest BCUT2D eigenvalue weighted by atomic mass is 32.1. The van der Waals surface area contributed by atoms with Gasteiger partial charge in [-0.05, 0) is 45.7 Å². The first-order valence-corrected chi connectivity index (χ1v) is 7.36. The largest absolute Gasteiger partial charge is 0.385 e. The molecule has 2 rings (SSSR count). The molecule has 1 aliphatic carbocycles. The van der Waals surface area contributed by atoms with Gasteiger partial charge >= 0.3 is 0 Å². The Morgan fingerprint density at radius 3 is 2.55 bits per heavy atom. The lowest BCUT2D eigenvalue weighted by Gasteiger charge is -2.23. The molecule has 114 valence electrons. The first-order valence-electron chi connectivity index (χ1n) is 7.36. The molecule has 1 heterocycles. The summed E-state index contributed by atoms with van der Waals surface area (Å²) in [6.07, 6.45) is 4.58. The SMILES string of the molecule is CC(C)(C)NC[C@H](O)c1cccc(C2CCCC2)n1.S. The molecular formula is C16H28N2OS. The van der Waals surface area contributed by atoms with Gasteiger partial charge in [-0.25, -0.2) is 0 Å². The molecule has 1 aromatic rings. The maximum atomic E-state index is 10.2. The van der Waals surface area contributed by atoms with Crippen molar-refractivity contribution in [2.24, 2.45) is 0 Å². The summed E-state index contributed by atoms with van der Waals surface area (Å²) < 4.78 is 0. The van der Waals surface area contributed by atoms with Crippen LogP contribution in [0, 0.1) is 0 Å². The van der Waals surface area contributed by atoms with Crippen LogP contribution in [-0.4, -0.2) is 22.2 Å². The maximum absolute atomic E-state index is 10.2. The molecule has 1 saturated carbocycles. The van der Waals surface area contributed by atoms with E-state index in [1.54, 1.807) is 0 Å². The standard InChI is InChI=1S/C16H26N2O.H2S/c1-16(2,3)17-11-15(19)14-10-6-9-13(18-14)12-7-4-5-8-12;/h6,9-10,12,15,17,19H,4-5,7-8,11H2,1-3H3;1H2/t15-;/m0./s1. The predicted molar refractivity (Wildman–Crippen MR) is 88.5 cm³/mol. The van der Waals surface area contributed by atoms with Crippen LogP contribution >= 0.6 is 13.5 Å². The topological polar surface area (TPSA) is 45.1 Å². The van der Waals surface area contributed by atoms with E-state index in [-0.39, 0.29) is 19.0 Å². The average molecular weight is 296 g/mol. The van der Waals surface area contributed by atoms with Crippen molar-refractivity contribution in [2.45, 2.75) is 64.0 Å². The lowest BCUT2D eigenvalue weighted by molar-refractivity contribution is 0.158. The zero-order valence-electron chi connectivity index (χ0n) is 12.8. The molecule has 1 aromatic heterocycles. The van der Waals surface area contributed by atoms with Gasteiger partial charge in [-0.1, -0.05) is 18.9 Å². The van der Waals surface area contributed by atoms with Crippen molar-refractivity contribution in [1.29, 1.82) is 0 Å². The zero-order valence-corrected chi connectivity index (χ0v) is 13.8. The fourth-order valence-corrected chi connectivity index (χ4v) is 2.61. The monoisotopic (exact) mass is 296 g/mol. The molecule has 4 heteroatoms. The number of rotatable bonds is 4. The van der Waals surface area contributed by atoms with Crippen molar-refractivity contribution in [3.05, 3.63) is 29.6 Å². The molecule has 1 fully saturated rings. The summed E-state index contributed by atoms with van der Waals surface area (Å²) in [6, 6.07) is 6.05. The van der Waals surface area contributed by atoms with Crippen LogP contribution in [0.5, 0.6) is 0 Å². The van der Waals surface area contributed by atoms with Crippen molar-refractivity contribution in [3.63, 3.8) is 0 Å². The Labute approximate surface area is 129 Å². The molecule has 1 aliphatic rings. The minimum atomic E-state index is -0.527. The van der Waals surface area contributed by atoms with E-state index in [2.05, 4.69) is 37.1 Å².